The molecule has 2 N–H and O–H groups in total. The van der Waals surface area contributed by atoms with Gasteiger partial charge in [-0.05, 0) is 12.1 Å². The fourth-order valence-electron chi connectivity index (χ4n) is 0.602. The zero-order chi connectivity index (χ0) is 10.1. The Morgan fingerprint density at radius 2 is 1.57 bits per heavy atom. The van der Waals surface area contributed by atoms with Gasteiger partial charge < -0.3 is 5.73 Å². The molecule has 0 spiro atoms. The highest BCUT2D eigenvalue weighted by Gasteiger charge is 1.93. The van der Waals surface area contributed by atoms with Crippen LogP contribution in [0, 0.1) is 0 Å². The molecule has 0 fully saturated rings. The molecule has 1 aromatic rings. The average Bonchev–Trinajstić information content (AvgIpc) is 2.19. The third-order valence-corrected chi connectivity index (χ3v) is 1.56. The van der Waals surface area contributed by atoms with Gasteiger partial charge in [0.05, 0.1) is 0 Å². The third-order valence-electron chi connectivity index (χ3n) is 1.56. The van der Waals surface area contributed by atoms with Crippen LogP contribution >= 0.6 is 0 Å². The molecule has 0 bridgehead atoms. The van der Waals surface area contributed by atoms with Crippen molar-refractivity contribution in [1.29, 1.82) is 0 Å². The van der Waals surface area contributed by atoms with E-state index in [1.807, 2.05) is 6.07 Å². The van der Waals surface area contributed by atoms with Crippen LogP contribution < -0.4 is 5.73 Å². The van der Waals surface area contributed by atoms with Crippen molar-refractivity contribution in [1.82, 2.24) is 0 Å². The summed E-state index contributed by atoms with van der Waals surface area (Å²) in [4.78, 5) is 10.4. The van der Waals surface area contributed by atoms with Crippen molar-refractivity contribution in [2.45, 2.75) is 26.7 Å². The molecule has 0 aliphatic carbocycles. The van der Waals surface area contributed by atoms with Gasteiger partial charge in [-0.25, -0.2) is 0 Å². The minimum Gasteiger partial charge on any atom is -0.366 e. The maximum Gasteiger partial charge on any atom is 0.248 e. The predicted octanol–water partition coefficient (Wildman–Crippen LogP) is 1.41. The van der Waals surface area contributed by atoms with Gasteiger partial charge >= 0.3 is 0 Å². The van der Waals surface area contributed by atoms with E-state index >= 15 is 0 Å². The minimum absolute atomic E-state index is 0. The van der Waals surface area contributed by atoms with Gasteiger partial charge in [-0.2, -0.15) is 0 Å². The van der Waals surface area contributed by atoms with Gasteiger partial charge in [0.25, 0.3) is 0 Å². The monoisotopic (exact) mass is 209 g/mol. The lowest BCUT2D eigenvalue weighted by atomic mass is 10.2. The molecule has 0 heterocycles. The van der Waals surface area contributed by atoms with E-state index in [9.17, 15) is 4.79 Å². The van der Waals surface area contributed by atoms with Crippen molar-refractivity contribution in [2.75, 3.05) is 0 Å². The normalized spacial score (nSPS) is 7.86. The first-order valence-corrected chi connectivity index (χ1v) is 4.57. The Bertz CT molecular complexity index is 234. The highest BCUT2D eigenvalue weighted by atomic mass is 27.0. The van der Waals surface area contributed by atoms with Crippen LogP contribution in [0.25, 0.3) is 0 Å². The van der Waals surface area contributed by atoms with Gasteiger partial charge in [-0.1, -0.05) is 44.9 Å². The molecule has 3 heteroatoms. The standard InChI is InChI=1S/C7H7NO.C4H10.Al.3H/c8-7(9)6-4-2-1-3-5-6;1-3-4-2;;;;/h1-5H,(H2,8,9);3-4H2,1-2H3;;;;. The van der Waals surface area contributed by atoms with E-state index in [-0.39, 0.29) is 23.3 Å². The number of hydrogen-bond acceptors (Lipinski definition) is 1. The van der Waals surface area contributed by atoms with Crippen LogP contribution in [0.1, 0.15) is 37.0 Å². The Labute approximate surface area is 96.6 Å². The zero-order valence-electron chi connectivity index (χ0n) is 8.29. The maximum atomic E-state index is 10.4. The van der Waals surface area contributed by atoms with Crippen molar-refractivity contribution in [3.63, 3.8) is 0 Å². The summed E-state index contributed by atoms with van der Waals surface area (Å²) < 4.78 is 0. The number of amides is 1. The molecule has 2 nitrogen and oxygen atoms in total. The molecule has 0 unspecified atom stereocenters. The van der Waals surface area contributed by atoms with E-state index in [1.54, 1.807) is 24.3 Å². The molecule has 0 atom stereocenters. The number of benzene rings is 1. The zero-order valence-corrected chi connectivity index (χ0v) is 8.29. The van der Waals surface area contributed by atoms with Crippen molar-refractivity contribution >= 4 is 23.3 Å². The lowest BCUT2D eigenvalue weighted by molar-refractivity contribution is 0.100. The summed E-state index contributed by atoms with van der Waals surface area (Å²) in [5, 5.41) is 0. The molecule has 14 heavy (non-hydrogen) atoms. The van der Waals surface area contributed by atoms with Crippen LogP contribution in [0.3, 0.4) is 0 Å². The average molecular weight is 209 g/mol. The summed E-state index contributed by atoms with van der Waals surface area (Å²) in [5.41, 5.74) is 5.53. The highest BCUT2D eigenvalue weighted by Crippen LogP contribution is 1.94. The van der Waals surface area contributed by atoms with Crippen LogP contribution in [-0.2, 0) is 0 Å². The number of carbonyl (C=O) groups excluding carboxylic acids is 1. The Morgan fingerprint density at radius 1 is 1.14 bits per heavy atom. The van der Waals surface area contributed by atoms with Gasteiger partial charge in [0.1, 0.15) is 0 Å². The van der Waals surface area contributed by atoms with E-state index in [0.717, 1.165) is 0 Å². The predicted molar refractivity (Wildman–Crippen MR) is 65.5 cm³/mol. The number of hydrogen-bond donors (Lipinski definition) is 1. The summed E-state index contributed by atoms with van der Waals surface area (Å²) in [7, 11) is 0. The largest absolute Gasteiger partial charge is 0.366 e. The summed E-state index contributed by atoms with van der Waals surface area (Å²) in [6.45, 7) is 4.36. The Hall–Kier alpha value is -0.778. The van der Waals surface area contributed by atoms with Crippen LogP contribution in [0.5, 0.6) is 0 Å². The number of rotatable bonds is 2. The fraction of sp³-hybridized carbons (Fsp3) is 0.364. The smallest absolute Gasteiger partial charge is 0.248 e. The van der Waals surface area contributed by atoms with E-state index < -0.39 is 0 Å². The van der Waals surface area contributed by atoms with Crippen molar-refractivity contribution in [3.05, 3.63) is 35.9 Å². The molecule has 0 saturated carbocycles. The second-order valence-corrected chi connectivity index (χ2v) is 2.73. The van der Waals surface area contributed by atoms with Crippen LogP contribution in [-0.4, -0.2) is 23.3 Å². The quantitative estimate of drug-likeness (QED) is 0.735. The molecule has 0 radical (unpaired) electrons. The maximum absolute atomic E-state index is 10.4. The summed E-state index contributed by atoms with van der Waals surface area (Å²) in [5.74, 6) is -0.379. The van der Waals surface area contributed by atoms with E-state index in [2.05, 4.69) is 13.8 Å². The molecule has 0 aliphatic rings. The molecule has 78 valence electrons. The van der Waals surface area contributed by atoms with Crippen molar-refractivity contribution in [2.24, 2.45) is 5.73 Å². The van der Waals surface area contributed by atoms with E-state index in [4.69, 9.17) is 5.73 Å². The summed E-state index contributed by atoms with van der Waals surface area (Å²) in [6.07, 6.45) is 2.64. The van der Waals surface area contributed by atoms with Gasteiger partial charge in [-0.3, -0.25) is 4.79 Å². The first-order chi connectivity index (χ1) is 6.22. The topological polar surface area (TPSA) is 43.1 Å². The van der Waals surface area contributed by atoms with Crippen molar-refractivity contribution < 1.29 is 4.79 Å². The van der Waals surface area contributed by atoms with E-state index in [1.165, 1.54) is 12.8 Å². The Morgan fingerprint density at radius 3 is 1.79 bits per heavy atom. The molecule has 0 aliphatic heterocycles. The van der Waals surface area contributed by atoms with Gasteiger partial charge in [0.15, 0.2) is 17.4 Å². The van der Waals surface area contributed by atoms with Crippen LogP contribution in [0.2, 0.25) is 0 Å². The highest BCUT2D eigenvalue weighted by molar-refractivity contribution is 5.92. The second kappa shape index (κ2) is 10.3. The number of primary amides is 1. The molecule has 1 aromatic carbocycles. The molecule has 1 amide bonds. The molecular formula is C11H20AlNO. The lowest BCUT2D eigenvalue weighted by Crippen LogP contribution is -2.09. The minimum atomic E-state index is -0.379. The number of carbonyl (C=O) groups is 1. The number of unbranched alkanes of at least 4 members (excludes halogenated alkanes) is 1. The second-order valence-electron chi connectivity index (χ2n) is 2.73. The Balaban J connectivity index is 0. The van der Waals surface area contributed by atoms with Gasteiger partial charge in [0, 0.05) is 5.56 Å². The SMILES string of the molecule is CCCC.NC(=O)c1ccccc1.[AlH3]. The fourth-order valence-corrected chi connectivity index (χ4v) is 0.602. The molecular weight excluding hydrogens is 189 g/mol. The molecule has 0 aromatic heterocycles. The van der Waals surface area contributed by atoms with E-state index in [0.29, 0.717) is 5.56 Å². The summed E-state index contributed by atoms with van der Waals surface area (Å²) in [6, 6.07) is 8.76. The number of nitrogens with two attached hydrogens (primary N) is 1. The van der Waals surface area contributed by atoms with Crippen molar-refractivity contribution in [3.8, 4) is 0 Å². The molecule has 0 saturated heterocycles. The molecule has 1 rings (SSSR count). The van der Waals surface area contributed by atoms with Crippen LogP contribution in [0.4, 0.5) is 0 Å². The first-order valence-electron chi connectivity index (χ1n) is 4.57. The first kappa shape index (κ1) is 15.7. The lowest BCUT2D eigenvalue weighted by Gasteiger charge is -1.89. The third kappa shape index (κ3) is 7.85. The van der Waals surface area contributed by atoms with Gasteiger partial charge in [-0.15, -0.1) is 0 Å². The van der Waals surface area contributed by atoms with Crippen LogP contribution in [0.15, 0.2) is 30.3 Å². The van der Waals surface area contributed by atoms with Gasteiger partial charge in [0.2, 0.25) is 5.91 Å². The summed E-state index contributed by atoms with van der Waals surface area (Å²) >= 11 is 0. The Kier molecular flexibility index (Phi) is 11.5.